The van der Waals surface area contributed by atoms with Gasteiger partial charge >= 0.3 is 11.4 Å². The van der Waals surface area contributed by atoms with Crippen LogP contribution in [0.2, 0.25) is 0 Å². The van der Waals surface area contributed by atoms with E-state index < -0.39 is 11.4 Å². The third kappa shape index (κ3) is 2.23. The van der Waals surface area contributed by atoms with Crippen LogP contribution in [0, 0.1) is 0 Å². The van der Waals surface area contributed by atoms with Crippen molar-refractivity contribution < 1.29 is 9.59 Å². The third-order valence-electron chi connectivity index (χ3n) is 0.987. The number of urea groups is 1. The van der Waals surface area contributed by atoms with Crippen LogP contribution in [0.25, 0.3) is 0 Å². The number of rotatable bonds is 1. The summed E-state index contributed by atoms with van der Waals surface area (Å²) in [6.45, 7) is 1.94. The van der Waals surface area contributed by atoms with Crippen molar-refractivity contribution in [2.75, 3.05) is 13.6 Å². The number of amides is 3. The molecule has 0 rings (SSSR count). The Kier molecular flexibility index (Phi) is 3.79. The van der Waals surface area contributed by atoms with Crippen LogP contribution < -0.4 is 5.32 Å². The van der Waals surface area contributed by atoms with E-state index in [0.29, 0.717) is 0 Å². The molecule has 0 bridgehead atoms. The Morgan fingerprint density at radius 2 is 2.10 bits per heavy atom. The van der Waals surface area contributed by atoms with Gasteiger partial charge in [0.1, 0.15) is 0 Å². The fraction of sp³-hybridized carbons (Fsp3) is 0.600. The molecule has 10 heavy (non-hydrogen) atoms. The fourth-order valence-corrected chi connectivity index (χ4v) is 0.679. The topological polar surface area (TPSA) is 49.4 Å². The van der Waals surface area contributed by atoms with Gasteiger partial charge in [0, 0.05) is 13.6 Å². The number of imide groups is 1. The average molecular weight is 165 g/mol. The molecule has 0 atom stereocenters. The molecule has 0 unspecified atom stereocenters. The molecule has 0 fully saturated rings. The maximum Gasteiger partial charge on any atom is 0.324 e. The quantitative estimate of drug-likeness (QED) is 0.465. The first kappa shape index (κ1) is 9.23. The molecule has 0 saturated carbocycles. The Hall–Kier alpha value is -0.770. The maximum atomic E-state index is 10.7. The largest absolute Gasteiger partial charge is 0.341 e. The highest BCUT2D eigenvalue weighted by Crippen LogP contribution is 1.95. The molecule has 0 aromatic carbocycles. The fourth-order valence-electron chi connectivity index (χ4n) is 0.483. The van der Waals surface area contributed by atoms with E-state index in [4.69, 9.17) is 11.6 Å². The number of nitrogens with zero attached hydrogens (tertiary/aromatic N) is 1. The molecule has 0 aliphatic carbocycles. The predicted molar refractivity (Wildman–Crippen MR) is 38.1 cm³/mol. The molecule has 3 amide bonds. The van der Waals surface area contributed by atoms with Crippen LogP contribution in [0.5, 0.6) is 0 Å². The van der Waals surface area contributed by atoms with Crippen molar-refractivity contribution in [1.82, 2.24) is 10.2 Å². The number of hydrogen-bond donors (Lipinski definition) is 1. The van der Waals surface area contributed by atoms with Crippen LogP contribution >= 0.6 is 11.6 Å². The zero-order chi connectivity index (χ0) is 8.15. The van der Waals surface area contributed by atoms with Gasteiger partial charge in [-0.05, 0) is 18.5 Å². The minimum absolute atomic E-state index is 0.280. The van der Waals surface area contributed by atoms with E-state index in [2.05, 4.69) is 5.32 Å². The predicted octanol–water partition coefficient (Wildman–Crippen LogP) is 1.01. The van der Waals surface area contributed by atoms with Crippen molar-refractivity contribution in [2.45, 2.75) is 6.92 Å². The van der Waals surface area contributed by atoms with Gasteiger partial charge in [-0.15, -0.1) is 0 Å². The molecular formula is C5H9ClN2O2. The lowest BCUT2D eigenvalue weighted by Gasteiger charge is -2.13. The first-order valence-corrected chi connectivity index (χ1v) is 3.20. The zero-order valence-corrected chi connectivity index (χ0v) is 6.60. The molecule has 0 aliphatic heterocycles. The van der Waals surface area contributed by atoms with E-state index in [-0.39, 0.29) is 6.54 Å². The van der Waals surface area contributed by atoms with Crippen molar-refractivity contribution >= 4 is 23.0 Å². The van der Waals surface area contributed by atoms with Crippen LogP contribution in [-0.2, 0) is 0 Å². The van der Waals surface area contributed by atoms with Gasteiger partial charge in [-0.25, -0.2) is 4.79 Å². The third-order valence-corrected chi connectivity index (χ3v) is 1.19. The molecule has 1 N–H and O–H groups in total. The number of halogens is 1. The Morgan fingerprint density at radius 1 is 1.60 bits per heavy atom. The SMILES string of the molecule is CCN(C(=O)Cl)C(=O)NC. The highest BCUT2D eigenvalue weighted by atomic mass is 35.5. The standard InChI is InChI=1S/C5H9ClN2O2/c1-3-8(4(6)9)5(10)7-2/h3H2,1-2H3,(H,7,10). The van der Waals surface area contributed by atoms with Gasteiger partial charge in [0.15, 0.2) is 0 Å². The molecule has 0 saturated heterocycles. The number of hydrogen-bond acceptors (Lipinski definition) is 2. The van der Waals surface area contributed by atoms with Crippen molar-refractivity contribution in [2.24, 2.45) is 0 Å². The molecule has 0 aromatic heterocycles. The molecule has 58 valence electrons. The van der Waals surface area contributed by atoms with Gasteiger partial charge in [-0.3, -0.25) is 9.69 Å². The second kappa shape index (κ2) is 4.11. The molecule has 5 heteroatoms. The van der Waals surface area contributed by atoms with E-state index in [9.17, 15) is 9.59 Å². The van der Waals surface area contributed by atoms with Gasteiger partial charge in [-0.2, -0.15) is 0 Å². The summed E-state index contributed by atoms with van der Waals surface area (Å²) in [6, 6.07) is -0.484. The lowest BCUT2D eigenvalue weighted by Crippen LogP contribution is -2.39. The number of carbonyl (C=O) groups excluding carboxylic acids is 2. The summed E-state index contributed by atoms with van der Waals surface area (Å²) < 4.78 is 0. The first-order chi connectivity index (χ1) is 4.63. The highest BCUT2D eigenvalue weighted by Gasteiger charge is 2.14. The monoisotopic (exact) mass is 164 g/mol. The summed E-state index contributed by atoms with van der Waals surface area (Å²) in [7, 11) is 1.44. The van der Waals surface area contributed by atoms with E-state index in [0.717, 1.165) is 4.90 Å². The zero-order valence-electron chi connectivity index (χ0n) is 5.85. The summed E-state index contributed by atoms with van der Waals surface area (Å²) in [4.78, 5) is 22.0. The van der Waals surface area contributed by atoms with Crippen LogP contribution in [-0.4, -0.2) is 29.9 Å². The van der Waals surface area contributed by atoms with Crippen LogP contribution in [0.4, 0.5) is 9.59 Å². The van der Waals surface area contributed by atoms with Gasteiger partial charge in [0.05, 0.1) is 0 Å². The summed E-state index contributed by atoms with van der Waals surface area (Å²) in [6.07, 6.45) is 0. The Bertz CT molecular complexity index is 149. The number of carbonyl (C=O) groups is 2. The van der Waals surface area contributed by atoms with Crippen molar-refractivity contribution in [3.63, 3.8) is 0 Å². The molecule has 0 aliphatic rings. The summed E-state index contributed by atoms with van der Waals surface area (Å²) in [5.74, 6) is 0. The molecular weight excluding hydrogens is 156 g/mol. The van der Waals surface area contributed by atoms with Crippen molar-refractivity contribution in [3.05, 3.63) is 0 Å². The molecule has 0 spiro atoms. The van der Waals surface area contributed by atoms with Crippen LogP contribution in [0.15, 0.2) is 0 Å². The highest BCUT2D eigenvalue weighted by molar-refractivity contribution is 6.63. The van der Waals surface area contributed by atoms with E-state index in [1.54, 1.807) is 6.92 Å². The smallest absolute Gasteiger partial charge is 0.324 e. The molecule has 4 nitrogen and oxygen atoms in total. The van der Waals surface area contributed by atoms with E-state index >= 15 is 0 Å². The van der Waals surface area contributed by atoms with Gasteiger partial charge in [-0.1, -0.05) is 0 Å². The molecule has 0 aromatic rings. The second-order valence-corrected chi connectivity index (χ2v) is 1.88. The van der Waals surface area contributed by atoms with Gasteiger partial charge < -0.3 is 5.32 Å². The minimum atomic E-state index is -0.762. The van der Waals surface area contributed by atoms with E-state index in [1.807, 2.05) is 0 Å². The van der Waals surface area contributed by atoms with Crippen molar-refractivity contribution in [1.29, 1.82) is 0 Å². The van der Waals surface area contributed by atoms with Gasteiger partial charge in [0.2, 0.25) is 0 Å². The van der Waals surface area contributed by atoms with Crippen molar-refractivity contribution in [3.8, 4) is 0 Å². The maximum absolute atomic E-state index is 10.7. The average Bonchev–Trinajstić information content (AvgIpc) is 1.88. The molecule has 0 radical (unpaired) electrons. The molecule has 0 heterocycles. The second-order valence-electron chi connectivity index (χ2n) is 1.55. The summed E-state index contributed by atoms with van der Waals surface area (Å²) >= 11 is 5.04. The lowest BCUT2D eigenvalue weighted by atomic mass is 10.6. The number of nitrogens with one attached hydrogen (secondary N) is 1. The first-order valence-electron chi connectivity index (χ1n) is 2.82. The Morgan fingerprint density at radius 3 is 2.20 bits per heavy atom. The van der Waals surface area contributed by atoms with Gasteiger partial charge in [0.25, 0.3) is 0 Å². The normalized spacial score (nSPS) is 8.70. The van der Waals surface area contributed by atoms with Crippen LogP contribution in [0.1, 0.15) is 6.92 Å². The summed E-state index contributed by atoms with van der Waals surface area (Å²) in [5.41, 5.74) is 0. The Balaban J connectivity index is 4.06. The van der Waals surface area contributed by atoms with Crippen LogP contribution in [0.3, 0.4) is 0 Å². The van der Waals surface area contributed by atoms with E-state index in [1.165, 1.54) is 7.05 Å². The Labute approximate surface area is 64.1 Å². The summed E-state index contributed by atoms with van der Waals surface area (Å²) in [5, 5.41) is 1.52. The lowest BCUT2D eigenvalue weighted by molar-refractivity contribution is 0.202. The minimum Gasteiger partial charge on any atom is -0.341 e.